The van der Waals surface area contributed by atoms with Gasteiger partial charge in [0.05, 0.1) is 18.3 Å². The third-order valence-electron chi connectivity index (χ3n) is 3.71. The van der Waals surface area contributed by atoms with Crippen LogP contribution in [0.4, 0.5) is 10.1 Å². The van der Waals surface area contributed by atoms with Crippen LogP contribution in [-0.4, -0.2) is 17.4 Å². The van der Waals surface area contributed by atoms with E-state index in [2.05, 4.69) is 15.6 Å². The van der Waals surface area contributed by atoms with Gasteiger partial charge in [0, 0.05) is 11.9 Å². The Labute approximate surface area is 145 Å². The Morgan fingerprint density at radius 1 is 0.960 bits per heavy atom. The van der Waals surface area contributed by atoms with E-state index in [1.807, 2.05) is 48.5 Å². The molecule has 0 fully saturated rings. The predicted octanol–water partition coefficient (Wildman–Crippen LogP) is 3.54. The summed E-state index contributed by atoms with van der Waals surface area (Å²) in [5.41, 5.74) is 2.42. The lowest BCUT2D eigenvalue weighted by Gasteiger charge is -2.18. The molecule has 25 heavy (non-hydrogen) atoms. The number of hydrogen-bond donors (Lipinski definition) is 2. The summed E-state index contributed by atoms with van der Waals surface area (Å²) in [6.07, 6.45) is 1.73. The number of amides is 1. The Bertz CT molecular complexity index is 768. The first-order chi connectivity index (χ1) is 12.2. The van der Waals surface area contributed by atoms with E-state index in [1.54, 1.807) is 6.20 Å². The molecule has 0 aliphatic heterocycles. The van der Waals surface area contributed by atoms with E-state index < -0.39 is 0 Å². The SMILES string of the molecule is O=C(CNC(c1ccccc1)c1ccccn1)Nc1ccc(F)cc1. The van der Waals surface area contributed by atoms with Crippen molar-refractivity contribution >= 4 is 11.6 Å². The highest BCUT2D eigenvalue weighted by atomic mass is 19.1. The van der Waals surface area contributed by atoms with Crippen molar-refractivity contribution in [3.8, 4) is 0 Å². The van der Waals surface area contributed by atoms with Gasteiger partial charge in [-0.05, 0) is 42.0 Å². The molecule has 3 rings (SSSR count). The maximum atomic E-state index is 12.9. The molecular formula is C20H18FN3O. The van der Waals surface area contributed by atoms with Gasteiger partial charge in [0.2, 0.25) is 5.91 Å². The molecule has 1 aromatic heterocycles. The van der Waals surface area contributed by atoms with Crippen LogP contribution in [0, 0.1) is 5.82 Å². The fourth-order valence-corrected chi connectivity index (χ4v) is 2.52. The smallest absolute Gasteiger partial charge is 0.238 e. The lowest BCUT2D eigenvalue weighted by molar-refractivity contribution is -0.115. The van der Waals surface area contributed by atoms with Gasteiger partial charge in [-0.25, -0.2) is 4.39 Å². The fourth-order valence-electron chi connectivity index (χ4n) is 2.52. The molecule has 0 saturated heterocycles. The van der Waals surface area contributed by atoms with Gasteiger partial charge in [0.1, 0.15) is 5.82 Å². The van der Waals surface area contributed by atoms with Crippen LogP contribution in [0.15, 0.2) is 79.0 Å². The number of nitrogens with one attached hydrogen (secondary N) is 2. The number of carbonyl (C=O) groups is 1. The second-order valence-corrected chi connectivity index (χ2v) is 5.53. The van der Waals surface area contributed by atoms with Gasteiger partial charge >= 0.3 is 0 Å². The molecule has 1 amide bonds. The van der Waals surface area contributed by atoms with E-state index in [9.17, 15) is 9.18 Å². The molecule has 0 aliphatic rings. The van der Waals surface area contributed by atoms with Crippen LogP contribution in [0.3, 0.4) is 0 Å². The number of hydrogen-bond acceptors (Lipinski definition) is 3. The molecule has 1 atom stereocenters. The molecular weight excluding hydrogens is 317 g/mol. The van der Waals surface area contributed by atoms with Gasteiger partial charge in [0.25, 0.3) is 0 Å². The monoisotopic (exact) mass is 335 g/mol. The van der Waals surface area contributed by atoms with E-state index in [1.165, 1.54) is 24.3 Å². The largest absolute Gasteiger partial charge is 0.325 e. The van der Waals surface area contributed by atoms with E-state index in [0.29, 0.717) is 5.69 Å². The fraction of sp³-hybridized carbons (Fsp3) is 0.100. The minimum Gasteiger partial charge on any atom is -0.325 e. The van der Waals surface area contributed by atoms with Crippen molar-refractivity contribution in [2.75, 3.05) is 11.9 Å². The van der Waals surface area contributed by atoms with Crippen LogP contribution >= 0.6 is 0 Å². The maximum absolute atomic E-state index is 12.9. The Kier molecular flexibility index (Phi) is 5.49. The lowest BCUT2D eigenvalue weighted by Crippen LogP contribution is -2.32. The summed E-state index contributed by atoms with van der Waals surface area (Å²) in [6.45, 7) is 0.105. The molecule has 4 nitrogen and oxygen atoms in total. The molecule has 3 aromatic rings. The van der Waals surface area contributed by atoms with Crippen molar-refractivity contribution < 1.29 is 9.18 Å². The zero-order valence-corrected chi connectivity index (χ0v) is 13.5. The van der Waals surface area contributed by atoms with E-state index in [-0.39, 0.29) is 24.3 Å². The minimum atomic E-state index is -0.338. The number of rotatable bonds is 6. The summed E-state index contributed by atoms with van der Waals surface area (Å²) >= 11 is 0. The maximum Gasteiger partial charge on any atom is 0.238 e. The lowest BCUT2D eigenvalue weighted by atomic mass is 10.0. The van der Waals surface area contributed by atoms with E-state index in [0.717, 1.165) is 11.3 Å². The van der Waals surface area contributed by atoms with Crippen molar-refractivity contribution in [2.45, 2.75) is 6.04 Å². The van der Waals surface area contributed by atoms with Gasteiger partial charge < -0.3 is 5.32 Å². The summed E-state index contributed by atoms with van der Waals surface area (Å²) in [5, 5.41) is 5.97. The Morgan fingerprint density at radius 3 is 2.36 bits per heavy atom. The van der Waals surface area contributed by atoms with Crippen LogP contribution < -0.4 is 10.6 Å². The van der Waals surface area contributed by atoms with Crippen molar-refractivity contribution in [1.29, 1.82) is 0 Å². The molecule has 1 heterocycles. The highest BCUT2D eigenvalue weighted by Gasteiger charge is 2.16. The molecule has 0 spiro atoms. The molecule has 2 N–H and O–H groups in total. The van der Waals surface area contributed by atoms with Crippen molar-refractivity contribution in [3.63, 3.8) is 0 Å². The third-order valence-corrected chi connectivity index (χ3v) is 3.71. The van der Waals surface area contributed by atoms with Gasteiger partial charge in [-0.1, -0.05) is 36.4 Å². The zero-order valence-electron chi connectivity index (χ0n) is 13.5. The number of pyridine rings is 1. The van der Waals surface area contributed by atoms with Crippen molar-refractivity contribution in [2.24, 2.45) is 0 Å². The van der Waals surface area contributed by atoms with Gasteiger partial charge in [-0.2, -0.15) is 0 Å². The average molecular weight is 335 g/mol. The predicted molar refractivity (Wildman–Crippen MR) is 95.6 cm³/mol. The molecule has 0 radical (unpaired) electrons. The van der Waals surface area contributed by atoms with Crippen molar-refractivity contribution in [3.05, 3.63) is 96.1 Å². The van der Waals surface area contributed by atoms with Crippen LogP contribution in [0.2, 0.25) is 0 Å². The van der Waals surface area contributed by atoms with Crippen molar-refractivity contribution in [1.82, 2.24) is 10.3 Å². The van der Waals surface area contributed by atoms with Gasteiger partial charge in [0.15, 0.2) is 0 Å². The molecule has 0 saturated carbocycles. The highest BCUT2D eigenvalue weighted by molar-refractivity contribution is 5.92. The number of anilines is 1. The molecule has 2 aromatic carbocycles. The molecule has 126 valence electrons. The highest BCUT2D eigenvalue weighted by Crippen LogP contribution is 2.19. The standard InChI is InChI=1S/C20H18FN3O/c21-16-9-11-17(12-10-16)24-19(25)14-23-20(15-6-2-1-3-7-15)18-8-4-5-13-22-18/h1-13,20,23H,14H2,(H,24,25). The third kappa shape index (κ3) is 4.71. The summed E-state index contributed by atoms with van der Waals surface area (Å²) in [5.74, 6) is -0.543. The molecule has 0 bridgehead atoms. The van der Waals surface area contributed by atoms with Crippen LogP contribution in [0.1, 0.15) is 17.3 Å². The van der Waals surface area contributed by atoms with E-state index in [4.69, 9.17) is 0 Å². The normalized spacial score (nSPS) is 11.7. The van der Waals surface area contributed by atoms with Gasteiger partial charge in [-0.3, -0.25) is 15.1 Å². The number of halogens is 1. The number of nitrogens with zero attached hydrogens (tertiary/aromatic N) is 1. The zero-order chi connectivity index (χ0) is 17.5. The first-order valence-corrected chi connectivity index (χ1v) is 7.97. The first kappa shape index (κ1) is 16.8. The van der Waals surface area contributed by atoms with Crippen LogP contribution in [-0.2, 0) is 4.79 Å². The number of carbonyl (C=O) groups excluding carboxylic acids is 1. The molecule has 1 unspecified atom stereocenters. The topological polar surface area (TPSA) is 54.0 Å². The quantitative estimate of drug-likeness (QED) is 0.724. The van der Waals surface area contributed by atoms with Crippen LogP contribution in [0.25, 0.3) is 0 Å². The second-order valence-electron chi connectivity index (χ2n) is 5.53. The molecule has 0 aliphatic carbocycles. The summed E-state index contributed by atoms with van der Waals surface area (Å²) in [7, 11) is 0. The first-order valence-electron chi connectivity index (χ1n) is 7.97. The van der Waals surface area contributed by atoms with Gasteiger partial charge in [-0.15, -0.1) is 0 Å². The Morgan fingerprint density at radius 2 is 1.68 bits per heavy atom. The molecule has 5 heteroatoms. The van der Waals surface area contributed by atoms with Crippen LogP contribution in [0.5, 0.6) is 0 Å². The number of benzene rings is 2. The second kappa shape index (κ2) is 8.17. The Hall–Kier alpha value is -3.05. The summed E-state index contributed by atoms with van der Waals surface area (Å²) < 4.78 is 12.9. The minimum absolute atomic E-state index is 0.105. The Balaban J connectivity index is 1.68. The average Bonchev–Trinajstić information content (AvgIpc) is 2.66. The summed E-state index contributed by atoms with van der Waals surface area (Å²) in [6, 6.07) is 21.0. The number of aromatic nitrogens is 1. The summed E-state index contributed by atoms with van der Waals surface area (Å²) in [4.78, 5) is 16.6. The van der Waals surface area contributed by atoms with E-state index >= 15 is 0 Å².